The van der Waals surface area contributed by atoms with E-state index in [1.54, 1.807) is 0 Å². The fourth-order valence-electron chi connectivity index (χ4n) is 4.36. The minimum atomic E-state index is -0.650. The molecule has 0 aromatic heterocycles. The van der Waals surface area contributed by atoms with Crippen LogP contribution in [-0.2, 0) is 14.4 Å². The van der Waals surface area contributed by atoms with E-state index >= 15 is 0 Å². The van der Waals surface area contributed by atoms with Gasteiger partial charge in [-0.15, -0.1) is 0 Å². The Morgan fingerprint density at radius 2 is 0.806 bits per heavy atom. The van der Waals surface area contributed by atoms with Crippen molar-refractivity contribution >= 4 is 17.7 Å². The van der Waals surface area contributed by atoms with Crippen LogP contribution in [0, 0.1) is 41.4 Å². The number of amides is 3. The van der Waals surface area contributed by atoms with Crippen molar-refractivity contribution in [2.24, 2.45) is 41.4 Å². The molecule has 0 aliphatic heterocycles. The summed E-state index contributed by atoms with van der Waals surface area (Å²) in [7, 11) is 0. The van der Waals surface area contributed by atoms with Crippen molar-refractivity contribution in [2.45, 2.75) is 114 Å². The third-order valence-electron chi connectivity index (χ3n) is 8.82. The zero-order valence-electron chi connectivity index (χ0n) is 25.0. The summed E-state index contributed by atoms with van der Waals surface area (Å²) in [5.41, 5.74) is 0. The van der Waals surface area contributed by atoms with Crippen LogP contribution < -0.4 is 16.0 Å². The van der Waals surface area contributed by atoms with E-state index in [2.05, 4.69) is 78.3 Å². The van der Waals surface area contributed by atoms with Gasteiger partial charge in [-0.2, -0.15) is 0 Å². The van der Waals surface area contributed by atoms with Gasteiger partial charge in [0.25, 0.3) is 0 Å². The number of hydrogen-bond acceptors (Lipinski definition) is 3. The van der Waals surface area contributed by atoms with Crippen LogP contribution in [0.25, 0.3) is 0 Å². The molecule has 3 N–H and O–H groups in total. The fourth-order valence-corrected chi connectivity index (χ4v) is 4.36. The number of rotatable bonds is 20. The van der Waals surface area contributed by atoms with Gasteiger partial charge >= 0.3 is 0 Å². The van der Waals surface area contributed by atoms with Gasteiger partial charge in [0.2, 0.25) is 17.7 Å². The van der Waals surface area contributed by atoms with Crippen LogP contribution in [0.3, 0.4) is 0 Å². The molecule has 6 nitrogen and oxygen atoms in total. The molecule has 0 aliphatic carbocycles. The highest BCUT2D eigenvalue weighted by Crippen LogP contribution is 2.19. The second-order valence-corrected chi connectivity index (χ2v) is 11.6. The maximum absolute atomic E-state index is 13.0. The van der Waals surface area contributed by atoms with Crippen molar-refractivity contribution in [2.75, 3.05) is 19.6 Å². The normalized spacial score (nSPS) is 17.2. The van der Waals surface area contributed by atoms with Gasteiger partial charge in [0.15, 0.2) is 0 Å². The molecule has 6 heteroatoms. The quantitative estimate of drug-likeness (QED) is 0.190. The van der Waals surface area contributed by atoms with Gasteiger partial charge in [-0.05, 0) is 54.8 Å². The van der Waals surface area contributed by atoms with E-state index < -0.39 is 5.92 Å². The van der Waals surface area contributed by atoms with Crippen molar-refractivity contribution in [3.63, 3.8) is 0 Å². The average Bonchev–Trinajstić information content (AvgIpc) is 2.86. The molecular formula is C30H59N3O3. The Balaban J connectivity index is 4.89. The molecule has 6 unspecified atom stereocenters. The molecule has 0 saturated heterocycles. The van der Waals surface area contributed by atoms with Crippen molar-refractivity contribution in [1.29, 1.82) is 0 Å². The molecule has 0 rings (SSSR count). The molecular weight excluding hydrogens is 450 g/mol. The molecule has 0 aromatic carbocycles. The SMILES string of the molecule is CCC(C)C(C)CCNC(=O)CC(CC(=O)NCCC(C)C(C)CC)C(=O)NCCC(C)C(C)CC. The van der Waals surface area contributed by atoms with Gasteiger partial charge in [-0.25, -0.2) is 0 Å². The van der Waals surface area contributed by atoms with Gasteiger partial charge < -0.3 is 16.0 Å². The van der Waals surface area contributed by atoms with Crippen molar-refractivity contribution in [1.82, 2.24) is 16.0 Å². The topological polar surface area (TPSA) is 87.3 Å². The van der Waals surface area contributed by atoms with Crippen LogP contribution in [0.5, 0.6) is 0 Å². The van der Waals surface area contributed by atoms with E-state index in [4.69, 9.17) is 0 Å². The van der Waals surface area contributed by atoms with E-state index in [0.717, 1.165) is 38.5 Å². The summed E-state index contributed by atoms with van der Waals surface area (Å²) in [6, 6.07) is 0. The van der Waals surface area contributed by atoms with Gasteiger partial charge in [0.05, 0.1) is 5.92 Å². The second kappa shape index (κ2) is 19.5. The summed E-state index contributed by atoms with van der Waals surface area (Å²) < 4.78 is 0. The minimum absolute atomic E-state index is 0.0428. The van der Waals surface area contributed by atoms with Crippen molar-refractivity contribution < 1.29 is 14.4 Å². The second-order valence-electron chi connectivity index (χ2n) is 11.6. The molecule has 212 valence electrons. The Morgan fingerprint density at radius 3 is 1.11 bits per heavy atom. The fraction of sp³-hybridized carbons (Fsp3) is 0.900. The minimum Gasteiger partial charge on any atom is -0.356 e. The lowest BCUT2D eigenvalue weighted by Gasteiger charge is -2.21. The number of nitrogens with one attached hydrogen (secondary N) is 3. The molecule has 0 aliphatic rings. The van der Waals surface area contributed by atoms with Crippen LogP contribution >= 0.6 is 0 Å². The third-order valence-corrected chi connectivity index (χ3v) is 8.82. The van der Waals surface area contributed by atoms with Crippen LogP contribution in [0.15, 0.2) is 0 Å². The molecule has 0 saturated carbocycles. The maximum Gasteiger partial charge on any atom is 0.224 e. The highest BCUT2D eigenvalue weighted by Gasteiger charge is 2.25. The molecule has 0 heterocycles. The lowest BCUT2D eigenvalue weighted by atomic mass is 9.90. The third kappa shape index (κ3) is 14.8. The Hall–Kier alpha value is -1.59. The predicted octanol–water partition coefficient (Wildman–Crippen LogP) is 5.95. The van der Waals surface area contributed by atoms with Gasteiger partial charge in [0.1, 0.15) is 0 Å². The van der Waals surface area contributed by atoms with E-state index in [-0.39, 0.29) is 30.6 Å². The van der Waals surface area contributed by atoms with E-state index in [1.807, 2.05) is 0 Å². The molecule has 0 bridgehead atoms. The van der Waals surface area contributed by atoms with Crippen LogP contribution in [0.2, 0.25) is 0 Å². The molecule has 0 aromatic rings. The standard InChI is InChI=1S/C30H59N3O3/c1-10-21(4)24(7)13-16-31-28(34)19-27(30(36)33-18-15-26(9)23(6)12-3)20-29(35)32-17-14-25(8)22(5)11-2/h21-27H,10-20H2,1-9H3,(H,31,34)(H,32,35)(H,33,36). The first-order chi connectivity index (χ1) is 17.0. The smallest absolute Gasteiger partial charge is 0.224 e. The maximum atomic E-state index is 13.0. The Bertz CT molecular complexity index is 589. The van der Waals surface area contributed by atoms with Crippen LogP contribution in [-0.4, -0.2) is 37.4 Å². The number of hydrogen-bond donors (Lipinski definition) is 3. The molecule has 36 heavy (non-hydrogen) atoms. The summed E-state index contributed by atoms with van der Waals surface area (Å²) in [4.78, 5) is 38.3. The number of carbonyl (C=O) groups excluding carboxylic acids is 3. The Kier molecular flexibility index (Phi) is 18.7. The Morgan fingerprint density at radius 1 is 0.500 bits per heavy atom. The zero-order valence-corrected chi connectivity index (χ0v) is 25.0. The highest BCUT2D eigenvalue weighted by atomic mass is 16.2. The molecule has 0 fully saturated rings. The largest absolute Gasteiger partial charge is 0.356 e. The molecule has 6 atom stereocenters. The predicted molar refractivity (Wildman–Crippen MR) is 151 cm³/mol. The molecule has 0 radical (unpaired) electrons. The first-order valence-electron chi connectivity index (χ1n) is 14.8. The molecule has 0 spiro atoms. The van der Waals surface area contributed by atoms with E-state index in [1.165, 1.54) is 0 Å². The lowest BCUT2D eigenvalue weighted by Crippen LogP contribution is -2.39. The lowest BCUT2D eigenvalue weighted by molar-refractivity contribution is -0.133. The molecule has 3 amide bonds. The first kappa shape index (κ1) is 34.4. The van der Waals surface area contributed by atoms with Gasteiger partial charge in [0, 0.05) is 32.5 Å². The van der Waals surface area contributed by atoms with Gasteiger partial charge in [-0.3, -0.25) is 14.4 Å². The van der Waals surface area contributed by atoms with Crippen molar-refractivity contribution in [3.8, 4) is 0 Å². The summed E-state index contributed by atoms with van der Waals surface area (Å²) in [6.45, 7) is 21.7. The average molecular weight is 510 g/mol. The van der Waals surface area contributed by atoms with E-state index in [9.17, 15) is 14.4 Å². The summed E-state index contributed by atoms with van der Waals surface area (Å²) in [5, 5.41) is 8.95. The summed E-state index contributed by atoms with van der Waals surface area (Å²) in [6.07, 6.45) is 6.18. The first-order valence-corrected chi connectivity index (χ1v) is 14.8. The Labute approximate surface area is 222 Å². The van der Waals surface area contributed by atoms with Crippen molar-refractivity contribution in [3.05, 3.63) is 0 Å². The van der Waals surface area contributed by atoms with Crippen LogP contribution in [0.1, 0.15) is 114 Å². The summed E-state index contributed by atoms with van der Waals surface area (Å²) >= 11 is 0. The monoisotopic (exact) mass is 509 g/mol. The highest BCUT2D eigenvalue weighted by molar-refractivity contribution is 5.90. The van der Waals surface area contributed by atoms with E-state index in [0.29, 0.717) is 55.1 Å². The van der Waals surface area contributed by atoms with Gasteiger partial charge in [-0.1, -0.05) is 81.6 Å². The van der Waals surface area contributed by atoms with Crippen LogP contribution in [0.4, 0.5) is 0 Å². The number of carbonyl (C=O) groups is 3. The summed E-state index contributed by atoms with van der Waals surface area (Å²) in [5.74, 6) is 2.26. The zero-order chi connectivity index (χ0) is 27.7.